The molecule has 3 heteroatoms. The Hall–Kier alpha value is -1.06. The smallest absolute Gasteiger partial charge is 0.118 e. The Morgan fingerprint density at radius 3 is 2.79 bits per heavy atom. The molecular weight excluding hydrogens is 236 g/mol. The molecule has 0 bridgehead atoms. The van der Waals surface area contributed by atoms with Gasteiger partial charge in [-0.15, -0.1) is 0 Å². The molecule has 0 spiro atoms. The fourth-order valence-electron chi connectivity index (χ4n) is 3.68. The zero-order valence-corrected chi connectivity index (χ0v) is 11.9. The van der Waals surface area contributed by atoms with E-state index >= 15 is 0 Å². The first kappa shape index (κ1) is 12.9. The molecule has 19 heavy (non-hydrogen) atoms. The number of ether oxygens (including phenoxy) is 1. The highest BCUT2D eigenvalue weighted by Crippen LogP contribution is 2.33. The van der Waals surface area contributed by atoms with Crippen molar-refractivity contribution in [2.75, 3.05) is 20.2 Å². The van der Waals surface area contributed by atoms with E-state index in [1.54, 1.807) is 7.11 Å². The van der Waals surface area contributed by atoms with E-state index in [1.807, 2.05) is 0 Å². The molecule has 3 atom stereocenters. The monoisotopic (exact) mass is 260 g/mol. The minimum Gasteiger partial charge on any atom is -0.497 e. The summed E-state index contributed by atoms with van der Waals surface area (Å²) >= 11 is 0. The number of nitrogens with zero attached hydrogens (tertiary/aromatic N) is 1. The topological polar surface area (TPSA) is 24.5 Å². The summed E-state index contributed by atoms with van der Waals surface area (Å²) in [6, 6.07) is 10.5. The highest BCUT2D eigenvalue weighted by atomic mass is 16.5. The average Bonchev–Trinajstić information content (AvgIpc) is 2.95. The maximum Gasteiger partial charge on any atom is 0.118 e. The quantitative estimate of drug-likeness (QED) is 0.904. The van der Waals surface area contributed by atoms with Crippen molar-refractivity contribution < 1.29 is 4.74 Å². The van der Waals surface area contributed by atoms with E-state index in [2.05, 4.69) is 41.4 Å². The summed E-state index contributed by atoms with van der Waals surface area (Å²) in [6.45, 7) is 4.62. The van der Waals surface area contributed by atoms with Gasteiger partial charge in [0.2, 0.25) is 0 Å². The fraction of sp³-hybridized carbons (Fsp3) is 0.625. The van der Waals surface area contributed by atoms with Crippen molar-refractivity contribution in [3.63, 3.8) is 0 Å². The minimum atomic E-state index is 0.499. The summed E-state index contributed by atoms with van der Waals surface area (Å²) in [5.41, 5.74) is 1.40. The van der Waals surface area contributed by atoms with E-state index in [9.17, 15) is 0 Å². The lowest BCUT2D eigenvalue weighted by atomic mass is 10.0. The predicted octanol–water partition coefficient (Wildman–Crippen LogP) is 2.58. The molecule has 1 saturated carbocycles. The molecule has 104 valence electrons. The average molecular weight is 260 g/mol. The minimum absolute atomic E-state index is 0.499. The zero-order valence-electron chi connectivity index (χ0n) is 11.9. The lowest BCUT2D eigenvalue weighted by Gasteiger charge is -2.42. The van der Waals surface area contributed by atoms with Crippen LogP contribution in [0.5, 0.6) is 5.75 Å². The number of fused-ring (bicyclic) bond motifs is 1. The SMILES string of the molecule is COc1ccc([C@H](C)N2CCN[C@@H]3CCC[C@@H]32)cc1. The largest absolute Gasteiger partial charge is 0.497 e. The molecule has 1 aromatic carbocycles. The maximum absolute atomic E-state index is 5.24. The summed E-state index contributed by atoms with van der Waals surface area (Å²) in [6.07, 6.45) is 4.06. The Labute approximate surface area is 115 Å². The third kappa shape index (κ3) is 2.49. The Morgan fingerprint density at radius 1 is 1.26 bits per heavy atom. The molecule has 0 radical (unpaired) electrons. The normalized spacial score (nSPS) is 28.9. The van der Waals surface area contributed by atoms with Crippen LogP contribution in [0.2, 0.25) is 0 Å². The lowest BCUT2D eigenvalue weighted by Crippen LogP contribution is -2.55. The molecule has 1 heterocycles. The first-order chi connectivity index (χ1) is 9.29. The molecule has 0 aromatic heterocycles. The Morgan fingerprint density at radius 2 is 2.05 bits per heavy atom. The van der Waals surface area contributed by atoms with Crippen molar-refractivity contribution in [1.82, 2.24) is 10.2 Å². The molecule has 0 unspecified atom stereocenters. The van der Waals surface area contributed by atoms with Crippen molar-refractivity contribution in [1.29, 1.82) is 0 Å². The summed E-state index contributed by atoms with van der Waals surface area (Å²) in [5.74, 6) is 0.940. The molecule has 0 amide bonds. The van der Waals surface area contributed by atoms with Crippen molar-refractivity contribution in [3.05, 3.63) is 29.8 Å². The Kier molecular flexibility index (Phi) is 3.76. The molecule has 1 aliphatic heterocycles. The van der Waals surface area contributed by atoms with Crippen LogP contribution >= 0.6 is 0 Å². The van der Waals surface area contributed by atoms with Gasteiger partial charge in [0.1, 0.15) is 5.75 Å². The van der Waals surface area contributed by atoms with E-state index in [4.69, 9.17) is 4.74 Å². The maximum atomic E-state index is 5.24. The van der Waals surface area contributed by atoms with Crippen molar-refractivity contribution in [2.24, 2.45) is 0 Å². The van der Waals surface area contributed by atoms with Gasteiger partial charge in [-0.1, -0.05) is 18.6 Å². The molecule has 2 fully saturated rings. The van der Waals surface area contributed by atoms with Gasteiger partial charge in [0, 0.05) is 31.2 Å². The molecule has 1 aromatic rings. The number of benzene rings is 1. The van der Waals surface area contributed by atoms with Gasteiger partial charge in [-0.3, -0.25) is 4.90 Å². The number of nitrogens with one attached hydrogen (secondary N) is 1. The van der Waals surface area contributed by atoms with Crippen LogP contribution in [0.25, 0.3) is 0 Å². The van der Waals surface area contributed by atoms with Crippen molar-refractivity contribution in [2.45, 2.75) is 44.3 Å². The zero-order chi connectivity index (χ0) is 13.2. The van der Waals surface area contributed by atoms with E-state index in [-0.39, 0.29) is 0 Å². The first-order valence-electron chi connectivity index (χ1n) is 7.42. The third-order valence-electron chi connectivity index (χ3n) is 4.78. The van der Waals surface area contributed by atoms with Gasteiger partial charge in [-0.25, -0.2) is 0 Å². The van der Waals surface area contributed by atoms with Crippen molar-refractivity contribution in [3.8, 4) is 5.75 Å². The molecule has 2 aliphatic rings. The Balaban J connectivity index is 1.76. The Bertz CT molecular complexity index is 417. The first-order valence-corrected chi connectivity index (χ1v) is 7.42. The molecular formula is C16H24N2O. The molecule has 1 aliphatic carbocycles. The summed E-state index contributed by atoms with van der Waals surface area (Å²) in [5, 5.41) is 3.67. The van der Waals surface area contributed by atoms with Crippen LogP contribution in [-0.4, -0.2) is 37.2 Å². The number of piperazine rings is 1. The number of rotatable bonds is 3. The van der Waals surface area contributed by atoms with Crippen LogP contribution in [0.15, 0.2) is 24.3 Å². The van der Waals surface area contributed by atoms with Crippen molar-refractivity contribution >= 4 is 0 Å². The van der Waals surface area contributed by atoms with Crippen LogP contribution < -0.4 is 10.1 Å². The van der Waals surface area contributed by atoms with Gasteiger partial charge >= 0.3 is 0 Å². The third-order valence-corrected chi connectivity index (χ3v) is 4.78. The molecule has 1 N–H and O–H groups in total. The molecule has 3 rings (SSSR count). The van der Waals surface area contributed by atoms with E-state index in [0.717, 1.165) is 30.9 Å². The number of hydrogen-bond donors (Lipinski definition) is 1. The molecule has 1 saturated heterocycles. The van der Waals surface area contributed by atoms with E-state index in [0.29, 0.717) is 6.04 Å². The molecule has 3 nitrogen and oxygen atoms in total. The van der Waals surface area contributed by atoms with E-state index in [1.165, 1.54) is 24.8 Å². The lowest BCUT2D eigenvalue weighted by molar-refractivity contribution is 0.0951. The predicted molar refractivity (Wildman–Crippen MR) is 77.5 cm³/mol. The second kappa shape index (κ2) is 5.51. The van der Waals surface area contributed by atoms with Gasteiger partial charge < -0.3 is 10.1 Å². The highest BCUT2D eigenvalue weighted by molar-refractivity contribution is 5.29. The summed E-state index contributed by atoms with van der Waals surface area (Å²) in [7, 11) is 1.72. The van der Waals surface area contributed by atoms with Gasteiger partial charge in [0.15, 0.2) is 0 Å². The van der Waals surface area contributed by atoms with Gasteiger partial charge in [0.25, 0.3) is 0 Å². The second-order valence-corrected chi connectivity index (χ2v) is 5.75. The van der Waals surface area contributed by atoms with Gasteiger partial charge in [-0.2, -0.15) is 0 Å². The highest BCUT2D eigenvalue weighted by Gasteiger charge is 2.37. The van der Waals surface area contributed by atoms with Crippen LogP contribution in [-0.2, 0) is 0 Å². The number of hydrogen-bond acceptors (Lipinski definition) is 3. The van der Waals surface area contributed by atoms with Crippen LogP contribution in [0.1, 0.15) is 37.8 Å². The van der Waals surface area contributed by atoms with Crippen LogP contribution in [0, 0.1) is 0 Å². The van der Waals surface area contributed by atoms with Crippen LogP contribution in [0.3, 0.4) is 0 Å². The standard InChI is InChI=1S/C16H24N2O/c1-12(13-6-8-14(19-2)9-7-13)18-11-10-17-15-4-3-5-16(15)18/h6-9,12,15-17H,3-5,10-11H2,1-2H3/t12-,15+,16-/m0/s1. The second-order valence-electron chi connectivity index (χ2n) is 5.75. The number of methoxy groups -OCH3 is 1. The van der Waals surface area contributed by atoms with Gasteiger partial charge in [-0.05, 0) is 37.5 Å². The summed E-state index contributed by atoms with van der Waals surface area (Å²) < 4.78 is 5.24. The fourth-order valence-corrected chi connectivity index (χ4v) is 3.68. The van der Waals surface area contributed by atoms with Gasteiger partial charge in [0.05, 0.1) is 7.11 Å². The van der Waals surface area contributed by atoms with Crippen LogP contribution in [0.4, 0.5) is 0 Å². The summed E-state index contributed by atoms with van der Waals surface area (Å²) in [4.78, 5) is 2.69. The van der Waals surface area contributed by atoms with E-state index < -0.39 is 0 Å².